The molecule has 6 heteroatoms. The first-order valence-electron chi connectivity index (χ1n) is 10.1. The maximum Gasteiger partial charge on any atom is 0.191 e. The monoisotopic (exact) mass is 374 g/mol. The maximum absolute atomic E-state index is 5.64. The molecule has 0 spiro atoms. The average Bonchev–Trinajstić information content (AvgIpc) is 3.25. The number of aryl methyl sites for hydroxylation is 1. The lowest BCUT2D eigenvalue weighted by Gasteiger charge is -2.45. The fraction of sp³-hybridized carbons (Fsp3) is 0.667. The summed E-state index contributed by atoms with van der Waals surface area (Å²) < 4.78 is 11.2. The molecule has 0 amide bonds. The Morgan fingerprint density at radius 1 is 1.22 bits per heavy atom. The Labute approximate surface area is 163 Å². The molecular formula is C21H34N4O2. The third kappa shape index (κ3) is 4.93. The third-order valence-corrected chi connectivity index (χ3v) is 5.90. The zero-order valence-corrected chi connectivity index (χ0v) is 17.0. The van der Waals surface area contributed by atoms with Gasteiger partial charge < -0.3 is 20.1 Å². The van der Waals surface area contributed by atoms with Crippen molar-refractivity contribution in [2.24, 2.45) is 4.99 Å². The van der Waals surface area contributed by atoms with Crippen molar-refractivity contribution < 1.29 is 9.47 Å². The van der Waals surface area contributed by atoms with Crippen LogP contribution >= 0.6 is 0 Å². The van der Waals surface area contributed by atoms with E-state index >= 15 is 0 Å². The van der Waals surface area contributed by atoms with Gasteiger partial charge in [0.1, 0.15) is 5.75 Å². The van der Waals surface area contributed by atoms with E-state index < -0.39 is 0 Å². The maximum atomic E-state index is 5.64. The largest absolute Gasteiger partial charge is 0.496 e. The summed E-state index contributed by atoms with van der Waals surface area (Å²) in [7, 11) is 3.55. The second-order valence-electron chi connectivity index (χ2n) is 7.63. The normalized spacial score (nSPS) is 20.5. The molecule has 1 aromatic rings. The highest BCUT2D eigenvalue weighted by atomic mass is 16.5. The van der Waals surface area contributed by atoms with Gasteiger partial charge in [0.25, 0.3) is 0 Å². The second-order valence-corrected chi connectivity index (χ2v) is 7.63. The van der Waals surface area contributed by atoms with Crippen LogP contribution in [0, 0.1) is 6.92 Å². The molecule has 0 aromatic heterocycles. The summed E-state index contributed by atoms with van der Waals surface area (Å²) in [4.78, 5) is 7.09. The second kappa shape index (κ2) is 9.42. The molecule has 2 aliphatic heterocycles. The Kier molecular flexibility index (Phi) is 6.96. The van der Waals surface area contributed by atoms with Crippen LogP contribution in [0.5, 0.6) is 5.75 Å². The lowest BCUT2D eigenvalue weighted by molar-refractivity contribution is -0.0164. The summed E-state index contributed by atoms with van der Waals surface area (Å²) in [6.07, 6.45) is 4.79. The van der Waals surface area contributed by atoms with Crippen molar-refractivity contribution in [2.45, 2.75) is 44.7 Å². The van der Waals surface area contributed by atoms with Gasteiger partial charge in [0.2, 0.25) is 0 Å². The van der Waals surface area contributed by atoms with Crippen LogP contribution in [0.25, 0.3) is 0 Å². The third-order valence-electron chi connectivity index (χ3n) is 5.90. The molecule has 2 heterocycles. The van der Waals surface area contributed by atoms with E-state index in [2.05, 4.69) is 45.6 Å². The molecule has 2 saturated heterocycles. The van der Waals surface area contributed by atoms with Gasteiger partial charge in [-0.25, -0.2) is 0 Å². The van der Waals surface area contributed by atoms with E-state index in [0.717, 1.165) is 49.9 Å². The van der Waals surface area contributed by atoms with Gasteiger partial charge in [-0.05, 0) is 57.3 Å². The zero-order chi connectivity index (χ0) is 19.1. The number of methoxy groups -OCH3 is 1. The lowest BCUT2D eigenvalue weighted by Crippen LogP contribution is -2.58. The number of rotatable bonds is 6. The number of benzene rings is 1. The summed E-state index contributed by atoms with van der Waals surface area (Å²) >= 11 is 0. The van der Waals surface area contributed by atoms with Crippen molar-refractivity contribution in [1.82, 2.24) is 15.5 Å². The van der Waals surface area contributed by atoms with E-state index in [1.54, 1.807) is 7.11 Å². The molecule has 0 bridgehead atoms. The first kappa shape index (κ1) is 20.0. The Balaban J connectivity index is 1.59. The van der Waals surface area contributed by atoms with E-state index in [1.165, 1.54) is 31.5 Å². The predicted molar refractivity (Wildman–Crippen MR) is 110 cm³/mol. The number of ether oxygens (including phenoxy) is 2. The number of hydrogen-bond acceptors (Lipinski definition) is 4. The number of likely N-dealkylation sites (tertiary alicyclic amines) is 1. The van der Waals surface area contributed by atoms with Crippen LogP contribution in [-0.2, 0) is 11.3 Å². The van der Waals surface area contributed by atoms with Gasteiger partial charge in [0.15, 0.2) is 5.96 Å². The number of nitrogens with one attached hydrogen (secondary N) is 2. The smallest absolute Gasteiger partial charge is 0.191 e. The highest BCUT2D eigenvalue weighted by Crippen LogP contribution is 2.30. The molecule has 0 radical (unpaired) electrons. The van der Waals surface area contributed by atoms with Gasteiger partial charge in [-0.1, -0.05) is 12.1 Å². The van der Waals surface area contributed by atoms with Crippen molar-refractivity contribution in [2.75, 3.05) is 47.0 Å². The Hall–Kier alpha value is -1.79. The molecule has 2 fully saturated rings. The number of hydrogen-bond donors (Lipinski definition) is 2. The zero-order valence-electron chi connectivity index (χ0n) is 17.0. The molecule has 0 atom stereocenters. The standard InChI is InChI=1S/C21H34N4O2/c1-17-6-7-18(19(14-17)26-3)15-23-20(22-2)24-16-21(8-12-27-13-9-21)25-10-4-5-11-25/h6-7,14H,4-5,8-13,15-16H2,1-3H3,(H2,22,23,24). The minimum Gasteiger partial charge on any atom is -0.496 e. The molecule has 1 aromatic carbocycles. The fourth-order valence-corrected chi connectivity index (χ4v) is 4.19. The van der Waals surface area contributed by atoms with E-state index in [-0.39, 0.29) is 5.54 Å². The lowest BCUT2D eigenvalue weighted by atomic mass is 9.88. The molecule has 2 aliphatic rings. The molecular weight excluding hydrogens is 340 g/mol. The fourth-order valence-electron chi connectivity index (χ4n) is 4.19. The van der Waals surface area contributed by atoms with E-state index in [1.807, 2.05) is 7.05 Å². The van der Waals surface area contributed by atoms with Crippen LogP contribution in [0.3, 0.4) is 0 Å². The van der Waals surface area contributed by atoms with Gasteiger partial charge in [0.05, 0.1) is 7.11 Å². The number of guanidine groups is 1. The van der Waals surface area contributed by atoms with Gasteiger partial charge >= 0.3 is 0 Å². The topological polar surface area (TPSA) is 58.1 Å². The summed E-state index contributed by atoms with van der Waals surface area (Å²) in [5, 5.41) is 7.01. The van der Waals surface area contributed by atoms with Crippen LogP contribution in [0.2, 0.25) is 0 Å². The molecule has 150 valence electrons. The highest BCUT2D eigenvalue weighted by molar-refractivity contribution is 5.79. The Morgan fingerprint density at radius 2 is 1.96 bits per heavy atom. The quantitative estimate of drug-likeness (QED) is 0.591. The van der Waals surface area contributed by atoms with Crippen LogP contribution in [0.1, 0.15) is 36.8 Å². The van der Waals surface area contributed by atoms with Crippen molar-refractivity contribution in [3.8, 4) is 5.75 Å². The molecule has 0 unspecified atom stereocenters. The van der Waals surface area contributed by atoms with Crippen molar-refractivity contribution >= 4 is 5.96 Å². The van der Waals surface area contributed by atoms with Crippen LogP contribution < -0.4 is 15.4 Å². The highest BCUT2D eigenvalue weighted by Gasteiger charge is 2.39. The summed E-state index contributed by atoms with van der Waals surface area (Å²) in [6, 6.07) is 6.29. The van der Waals surface area contributed by atoms with Crippen LogP contribution in [0.15, 0.2) is 23.2 Å². The minimum absolute atomic E-state index is 0.188. The van der Waals surface area contributed by atoms with Gasteiger partial charge in [-0.2, -0.15) is 0 Å². The van der Waals surface area contributed by atoms with Gasteiger partial charge in [-0.3, -0.25) is 9.89 Å². The molecule has 27 heavy (non-hydrogen) atoms. The average molecular weight is 375 g/mol. The Morgan fingerprint density at radius 3 is 2.63 bits per heavy atom. The van der Waals surface area contributed by atoms with Crippen molar-refractivity contribution in [3.63, 3.8) is 0 Å². The van der Waals surface area contributed by atoms with E-state index in [4.69, 9.17) is 9.47 Å². The molecule has 0 aliphatic carbocycles. The Bertz CT molecular complexity index is 635. The number of nitrogens with zero attached hydrogens (tertiary/aromatic N) is 2. The van der Waals surface area contributed by atoms with Crippen molar-refractivity contribution in [3.05, 3.63) is 29.3 Å². The van der Waals surface area contributed by atoms with Gasteiger partial charge in [-0.15, -0.1) is 0 Å². The molecule has 2 N–H and O–H groups in total. The van der Waals surface area contributed by atoms with Crippen LogP contribution in [-0.4, -0.2) is 63.4 Å². The summed E-state index contributed by atoms with van der Waals surface area (Å²) in [5.74, 6) is 1.75. The first-order valence-corrected chi connectivity index (χ1v) is 10.1. The van der Waals surface area contributed by atoms with E-state index in [0.29, 0.717) is 6.54 Å². The minimum atomic E-state index is 0.188. The summed E-state index contributed by atoms with van der Waals surface area (Å²) in [6.45, 7) is 7.77. The summed E-state index contributed by atoms with van der Waals surface area (Å²) in [5.41, 5.74) is 2.52. The van der Waals surface area contributed by atoms with Gasteiger partial charge in [0, 0.05) is 44.5 Å². The SMILES string of the molecule is CN=C(NCc1ccc(C)cc1OC)NCC1(N2CCCC2)CCOCC1. The van der Waals surface area contributed by atoms with Crippen molar-refractivity contribution in [1.29, 1.82) is 0 Å². The number of aliphatic imine (C=N–C) groups is 1. The molecule has 3 rings (SSSR count). The predicted octanol–water partition coefficient (Wildman–Crippen LogP) is 2.31. The molecule has 0 saturated carbocycles. The first-order chi connectivity index (χ1) is 13.2. The van der Waals surface area contributed by atoms with Crippen LogP contribution in [0.4, 0.5) is 0 Å². The molecule has 6 nitrogen and oxygen atoms in total. The van der Waals surface area contributed by atoms with E-state index in [9.17, 15) is 0 Å².